The first kappa shape index (κ1) is 28.6. The lowest BCUT2D eigenvalue weighted by Gasteiger charge is -2.58. The van der Waals surface area contributed by atoms with Gasteiger partial charge in [-0.25, -0.2) is 0 Å². The number of rotatable bonds is 10. The second kappa shape index (κ2) is 11.4. The number of carboxylic acid groups (broad SMARTS) is 1. The van der Waals surface area contributed by atoms with Crippen LogP contribution in [0.5, 0.6) is 0 Å². The van der Waals surface area contributed by atoms with Crippen LogP contribution in [-0.2, 0) is 14.3 Å². The van der Waals surface area contributed by atoms with Gasteiger partial charge in [0.2, 0.25) is 0 Å². The standard InChI is InChI=1S/C32H53NO4/c1-20(2)7-6-8-21(3)25-11-12-26-24-10-9-22-19-23(37-30(36)28(33)13-14-29(34)35)15-17-31(22,4)27(24)16-18-32(25,26)5/h9,20-21,23-28H,6-8,10-19,33H2,1-5H3,(H,34,35)/t21?,23-,24-,25+,26-,27-,28?,31-,32+/m0/s1. The minimum atomic E-state index is -0.934. The quantitative estimate of drug-likeness (QED) is 0.238. The van der Waals surface area contributed by atoms with Gasteiger partial charge in [0.25, 0.3) is 0 Å². The van der Waals surface area contributed by atoms with Gasteiger partial charge in [0.05, 0.1) is 0 Å². The molecule has 2 unspecified atom stereocenters. The van der Waals surface area contributed by atoms with E-state index in [1.165, 1.54) is 56.9 Å². The van der Waals surface area contributed by atoms with Crippen molar-refractivity contribution in [1.29, 1.82) is 0 Å². The largest absolute Gasteiger partial charge is 0.481 e. The van der Waals surface area contributed by atoms with Crippen LogP contribution in [0.3, 0.4) is 0 Å². The highest BCUT2D eigenvalue weighted by Crippen LogP contribution is 2.67. The van der Waals surface area contributed by atoms with Crippen molar-refractivity contribution in [1.82, 2.24) is 0 Å². The van der Waals surface area contributed by atoms with E-state index in [0.29, 0.717) is 5.41 Å². The molecule has 4 aliphatic rings. The molecule has 0 aromatic rings. The molecule has 0 bridgehead atoms. The van der Waals surface area contributed by atoms with Crippen LogP contribution in [0.1, 0.15) is 118 Å². The summed E-state index contributed by atoms with van der Waals surface area (Å²) in [6.07, 6.45) is 16.0. The van der Waals surface area contributed by atoms with Crippen molar-refractivity contribution in [3.8, 4) is 0 Å². The number of ether oxygens (including phenoxy) is 1. The SMILES string of the molecule is CC(C)CCCC(C)[C@H]1CC[C@H]2[C@@H]3CC=C4C[C@@H](OC(=O)C(N)CCC(=O)O)CC[C@]4(C)[C@H]3CC[C@]12C. The second-order valence-electron chi connectivity index (χ2n) is 14.1. The Hall–Kier alpha value is -1.36. The van der Waals surface area contributed by atoms with Crippen LogP contribution in [0.2, 0.25) is 0 Å². The van der Waals surface area contributed by atoms with Crippen LogP contribution >= 0.6 is 0 Å². The highest BCUT2D eigenvalue weighted by atomic mass is 16.5. The Morgan fingerprint density at radius 3 is 2.51 bits per heavy atom. The van der Waals surface area contributed by atoms with Crippen molar-refractivity contribution < 1.29 is 19.4 Å². The van der Waals surface area contributed by atoms with Gasteiger partial charge in [-0.1, -0.05) is 65.5 Å². The van der Waals surface area contributed by atoms with Crippen molar-refractivity contribution >= 4 is 11.9 Å². The third-order valence-electron chi connectivity index (χ3n) is 11.5. The van der Waals surface area contributed by atoms with E-state index in [1.807, 2.05) is 0 Å². The minimum absolute atomic E-state index is 0.106. The fourth-order valence-corrected chi connectivity index (χ4v) is 9.40. The number of allylic oxidation sites excluding steroid dienone is 1. The molecule has 37 heavy (non-hydrogen) atoms. The molecule has 0 aromatic carbocycles. The summed E-state index contributed by atoms with van der Waals surface area (Å²) in [5.41, 5.74) is 8.13. The number of hydrogen-bond donors (Lipinski definition) is 2. The normalized spacial score (nSPS) is 38.7. The molecular weight excluding hydrogens is 462 g/mol. The molecule has 210 valence electrons. The van der Waals surface area contributed by atoms with E-state index in [1.54, 1.807) is 0 Å². The maximum absolute atomic E-state index is 12.5. The second-order valence-corrected chi connectivity index (χ2v) is 14.1. The zero-order valence-corrected chi connectivity index (χ0v) is 24.1. The summed E-state index contributed by atoms with van der Waals surface area (Å²) in [5, 5.41) is 8.87. The molecule has 4 aliphatic carbocycles. The Balaban J connectivity index is 1.39. The van der Waals surface area contributed by atoms with Crippen LogP contribution in [0.4, 0.5) is 0 Å². The molecule has 0 heterocycles. The van der Waals surface area contributed by atoms with Gasteiger partial charge in [-0.05, 0) is 97.7 Å². The molecule has 4 rings (SSSR count). The van der Waals surface area contributed by atoms with Gasteiger partial charge in [0.1, 0.15) is 12.1 Å². The zero-order valence-electron chi connectivity index (χ0n) is 24.1. The predicted octanol–water partition coefficient (Wildman–Crippen LogP) is 7.13. The number of carbonyl (C=O) groups excluding carboxylic acids is 1. The lowest BCUT2D eigenvalue weighted by Crippen LogP contribution is -2.51. The monoisotopic (exact) mass is 515 g/mol. The van der Waals surface area contributed by atoms with Crippen LogP contribution in [0.25, 0.3) is 0 Å². The first-order valence-electron chi connectivity index (χ1n) is 15.3. The maximum Gasteiger partial charge on any atom is 0.323 e. The van der Waals surface area contributed by atoms with Crippen molar-refractivity contribution in [3.63, 3.8) is 0 Å². The van der Waals surface area contributed by atoms with Crippen molar-refractivity contribution in [3.05, 3.63) is 11.6 Å². The number of carboxylic acids is 1. The highest BCUT2D eigenvalue weighted by molar-refractivity contribution is 5.76. The van der Waals surface area contributed by atoms with E-state index >= 15 is 0 Å². The van der Waals surface area contributed by atoms with E-state index in [9.17, 15) is 9.59 Å². The highest BCUT2D eigenvalue weighted by Gasteiger charge is 2.59. The molecule has 3 fully saturated rings. The Morgan fingerprint density at radius 2 is 1.81 bits per heavy atom. The van der Waals surface area contributed by atoms with Crippen LogP contribution in [0, 0.1) is 46.3 Å². The average Bonchev–Trinajstić information content (AvgIpc) is 3.19. The molecule has 0 aromatic heterocycles. The Kier molecular flexibility index (Phi) is 8.83. The smallest absolute Gasteiger partial charge is 0.323 e. The number of esters is 1. The fourth-order valence-electron chi connectivity index (χ4n) is 9.40. The first-order valence-corrected chi connectivity index (χ1v) is 15.3. The van der Waals surface area contributed by atoms with Gasteiger partial charge in [0, 0.05) is 12.8 Å². The fraction of sp³-hybridized carbons (Fsp3) is 0.875. The predicted molar refractivity (Wildman–Crippen MR) is 148 cm³/mol. The Bertz CT molecular complexity index is 867. The lowest BCUT2D eigenvalue weighted by molar-refractivity contribution is -0.153. The van der Waals surface area contributed by atoms with Gasteiger partial charge in [-0.2, -0.15) is 0 Å². The minimum Gasteiger partial charge on any atom is -0.481 e. The van der Waals surface area contributed by atoms with Crippen LogP contribution < -0.4 is 5.73 Å². The molecular formula is C32H53NO4. The number of fused-ring (bicyclic) bond motifs is 5. The summed E-state index contributed by atoms with van der Waals surface area (Å²) in [6, 6.07) is -0.853. The summed E-state index contributed by atoms with van der Waals surface area (Å²) in [4.78, 5) is 23.3. The van der Waals surface area contributed by atoms with Gasteiger partial charge in [0.15, 0.2) is 0 Å². The van der Waals surface area contributed by atoms with E-state index < -0.39 is 18.0 Å². The molecule has 3 saturated carbocycles. The summed E-state index contributed by atoms with van der Waals surface area (Å²) in [6.45, 7) is 12.4. The molecule has 5 heteroatoms. The zero-order chi connectivity index (χ0) is 27.0. The van der Waals surface area contributed by atoms with E-state index in [2.05, 4.69) is 40.7 Å². The summed E-state index contributed by atoms with van der Waals surface area (Å²) in [7, 11) is 0. The molecule has 5 nitrogen and oxygen atoms in total. The van der Waals surface area contributed by atoms with E-state index in [0.717, 1.165) is 54.8 Å². The molecule has 0 aliphatic heterocycles. The molecule has 3 N–H and O–H groups in total. The number of nitrogens with two attached hydrogens (primary N) is 1. The molecule has 0 spiro atoms. The van der Waals surface area contributed by atoms with Crippen molar-refractivity contribution in [2.24, 2.45) is 52.1 Å². The number of hydrogen-bond acceptors (Lipinski definition) is 4. The van der Waals surface area contributed by atoms with Gasteiger partial charge in [-0.3, -0.25) is 9.59 Å². The number of aliphatic carboxylic acids is 1. The Morgan fingerprint density at radius 1 is 1.05 bits per heavy atom. The molecule has 0 amide bonds. The molecule has 0 radical (unpaired) electrons. The van der Waals surface area contributed by atoms with E-state index in [4.69, 9.17) is 15.6 Å². The van der Waals surface area contributed by atoms with Gasteiger partial charge in [-0.15, -0.1) is 0 Å². The lowest BCUT2D eigenvalue weighted by atomic mass is 9.47. The molecule has 0 saturated heterocycles. The van der Waals surface area contributed by atoms with Crippen molar-refractivity contribution in [2.45, 2.75) is 130 Å². The maximum atomic E-state index is 12.5. The summed E-state index contributed by atoms with van der Waals surface area (Å²) < 4.78 is 5.79. The third-order valence-corrected chi connectivity index (χ3v) is 11.5. The third kappa shape index (κ3) is 5.82. The average molecular weight is 516 g/mol. The van der Waals surface area contributed by atoms with Crippen molar-refractivity contribution in [2.75, 3.05) is 0 Å². The summed E-state index contributed by atoms with van der Waals surface area (Å²) >= 11 is 0. The number of carbonyl (C=O) groups is 2. The van der Waals surface area contributed by atoms with Gasteiger partial charge < -0.3 is 15.6 Å². The van der Waals surface area contributed by atoms with Crippen LogP contribution in [-0.4, -0.2) is 29.2 Å². The molecule has 9 atom stereocenters. The van der Waals surface area contributed by atoms with Gasteiger partial charge >= 0.3 is 11.9 Å². The topological polar surface area (TPSA) is 89.6 Å². The first-order chi connectivity index (χ1) is 17.5. The summed E-state index contributed by atoms with van der Waals surface area (Å²) in [5.74, 6) is 3.53. The van der Waals surface area contributed by atoms with Crippen LogP contribution in [0.15, 0.2) is 11.6 Å². The Labute approximate surface area is 225 Å². The van der Waals surface area contributed by atoms with E-state index in [-0.39, 0.29) is 24.4 Å².